The third-order valence-corrected chi connectivity index (χ3v) is 2.47. The molecule has 0 saturated carbocycles. The first-order valence-electron chi connectivity index (χ1n) is 6.85. The minimum Gasteiger partial charge on any atom is -0.478 e. The van der Waals surface area contributed by atoms with E-state index in [4.69, 9.17) is 14.3 Å². The number of hydrogen-bond acceptors (Lipinski definition) is 5. The molecule has 0 aromatic carbocycles. The Hall–Kier alpha value is -2.16. The van der Waals surface area contributed by atoms with E-state index in [0.717, 1.165) is 6.26 Å². The Morgan fingerprint density at radius 2 is 1.96 bits per heavy atom. The number of carbonyl (C=O) groups excluding carboxylic acids is 1. The van der Waals surface area contributed by atoms with Crippen LogP contribution >= 0.6 is 0 Å². The van der Waals surface area contributed by atoms with E-state index in [9.17, 15) is 18.4 Å². The highest BCUT2D eigenvalue weighted by Crippen LogP contribution is 2.13. The van der Waals surface area contributed by atoms with Crippen LogP contribution in [0.25, 0.3) is 0 Å². The summed E-state index contributed by atoms with van der Waals surface area (Å²) in [5, 5.41) is 13.1. The number of nitrogens with one attached hydrogen (secondary N) is 2. The monoisotopic (exact) mass is 334 g/mol. The molecule has 0 unspecified atom stereocenters. The van der Waals surface area contributed by atoms with Gasteiger partial charge in [-0.15, -0.1) is 0 Å². The van der Waals surface area contributed by atoms with Gasteiger partial charge in [-0.2, -0.15) is 0 Å². The van der Waals surface area contributed by atoms with Crippen LogP contribution in [-0.4, -0.2) is 41.8 Å². The molecule has 0 spiro atoms. The molecule has 0 aliphatic carbocycles. The van der Waals surface area contributed by atoms with Gasteiger partial charge in [0.1, 0.15) is 17.6 Å². The average Bonchev–Trinajstić information content (AvgIpc) is 2.83. The zero-order chi connectivity index (χ0) is 17.7. The van der Waals surface area contributed by atoms with E-state index in [-0.39, 0.29) is 17.9 Å². The van der Waals surface area contributed by atoms with Crippen molar-refractivity contribution >= 4 is 12.1 Å². The standard InChI is InChI=1S/C14H20F2N2O5/c1-13(2,3)23-12(21)18-8-14(15,16)7-17-5-10-4-9(6-22-10)11(19)20/h4,6,17H,5,7-8H2,1-3H3,(H,18,21)(H,19,20). The van der Waals surface area contributed by atoms with Gasteiger partial charge >= 0.3 is 12.1 Å². The third-order valence-electron chi connectivity index (χ3n) is 2.47. The third kappa shape index (κ3) is 7.59. The van der Waals surface area contributed by atoms with Crippen LogP contribution in [0.1, 0.15) is 36.9 Å². The number of alkyl halides is 2. The van der Waals surface area contributed by atoms with E-state index in [2.05, 4.69) is 5.32 Å². The molecule has 1 amide bonds. The maximum Gasteiger partial charge on any atom is 0.407 e. The Bertz CT molecular complexity index is 552. The summed E-state index contributed by atoms with van der Waals surface area (Å²) in [6.45, 7) is 3.22. The summed E-state index contributed by atoms with van der Waals surface area (Å²) in [6.07, 6.45) is 0.107. The van der Waals surface area contributed by atoms with Crippen molar-refractivity contribution in [1.82, 2.24) is 10.6 Å². The van der Waals surface area contributed by atoms with Crippen LogP contribution in [0.2, 0.25) is 0 Å². The summed E-state index contributed by atoms with van der Waals surface area (Å²) in [5.41, 5.74) is -0.821. The quantitative estimate of drug-likeness (QED) is 0.707. The van der Waals surface area contributed by atoms with E-state index in [1.807, 2.05) is 5.32 Å². The predicted molar refractivity (Wildman–Crippen MR) is 76.6 cm³/mol. The molecule has 1 aromatic heterocycles. The Labute approximate surface area is 132 Å². The van der Waals surface area contributed by atoms with Gasteiger partial charge in [-0.1, -0.05) is 0 Å². The first-order chi connectivity index (χ1) is 10.5. The van der Waals surface area contributed by atoms with Crippen LogP contribution in [0.15, 0.2) is 16.7 Å². The van der Waals surface area contributed by atoms with Gasteiger partial charge in [0.05, 0.1) is 25.2 Å². The molecule has 0 saturated heterocycles. The maximum absolute atomic E-state index is 13.6. The molecule has 1 heterocycles. The zero-order valence-electron chi connectivity index (χ0n) is 13.1. The van der Waals surface area contributed by atoms with E-state index in [1.165, 1.54) is 6.07 Å². The normalized spacial score (nSPS) is 12.0. The second-order valence-electron chi connectivity index (χ2n) is 5.92. The largest absolute Gasteiger partial charge is 0.478 e. The lowest BCUT2D eigenvalue weighted by Gasteiger charge is -2.22. The van der Waals surface area contributed by atoms with Gasteiger partial charge < -0.3 is 24.9 Å². The summed E-state index contributed by atoms with van der Waals surface area (Å²) in [7, 11) is 0. The summed E-state index contributed by atoms with van der Waals surface area (Å²) in [5.74, 6) is -4.13. The molecule has 1 aromatic rings. The van der Waals surface area contributed by atoms with Crippen molar-refractivity contribution in [2.75, 3.05) is 13.1 Å². The van der Waals surface area contributed by atoms with Crippen molar-refractivity contribution in [2.24, 2.45) is 0 Å². The molecule has 9 heteroatoms. The Morgan fingerprint density at radius 3 is 2.48 bits per heavy atom. The first-order valence-corrected chi connectivity index (χ1v) is 6.85. The number of carbonyl (C=O) groups is 2. The molecule has 7 nitrogen and oxygen atoms in total. The average molecular weight is 334 g/mol. The molecule has 3 N–H and O–H groups in total. The van der Waals surface area contributed by atoms with Crippen LogP contribution < -0.4 is 10.6 Å². The lowest BCUT2D eigenvalue weighted by molar-refractivity contribution is -0.00403. The summed E-state index contributed by atoms with van der Waals surface area (Å²) in [4.78, 5) is 22.0. The highest BCUT2D eigenvalue weighted by molar-refractivity contribution is 5.87. The van der Waals surface area contributed by atoms with Gasteiger partial charge in [-0.05, 0) is 26.8 Å². The topological polar surface area (TPSA) is 101 Å². The molecule has 1 rings (SSSR count). The van der Waals surface area contributed by atoms with Crippen LogP contribution in [0.4, 0.5) is 13.6 Å². The SMILES string of the molecule is CC(C)(C)OC(=O)NCC(F)(F)CNCc1cc(C(=O)O)co1. The van der Waals surface area contributed by atoms with Gasteiger partial charge in [0.2, 0.25) is 0 Å². The van der Waals surface area contributed by atoms with Crippen molar-refractivity contribution in [2.45, 2.75) is 38.8 Å². The molecule has 23 heavy (non-hydrogen) atoms. The zero-order valence-corrected chi connectivity index (χ0v) is 13.1. The van der Waals surface area contributed by atoms with E-state index in [0.29, 0.717) is 0 Å². The molecule has 130 valence electrons. The van der Waals surface area contributed by atoms with Crippen LogP contribution in [0, 0.1) is 0 Å². The predicted octanol–water partition coefficient (Wildman–Crippen LogP) is 2.23. The second-order valence-corrected chi connectivity index (χ2v) is 5.92. The number of furan rings is 1. The summed E-state index contributed by atoms with van der Waals surface area (Å²) in [6, 6.07) is 1.24. The lowest BCUT2D eigenvalue weighted by atomic mass is 10.2. The molecule has 0 radical (unpaired) electrons. The van der Waals surface area contributed by atoms with Crippen molar-refractivity contribution < 1.29 is 32.6 Å². The molecular formula is C14H20F2N2O5. The van der Waals surface area contributed by atoms with Crippen molar-refractivity contribution in [3.8, 4) is 0 Å². The number of hydrogen-bond donors (Lipinski definition) is 3. The Balaban J connectivity index is 2.34. The van der Waals surface area contributed by atoms with Gasteiger partial charge in [-0.3, -0.25) is 0 Å². The van der Waals surface area contributed by atoms with E-state index < -0.39 is 36.7 Å². The minimum atomic E-state index is -3.20. The fourth-order valence-corrected chi connectivity index (χ4v) is 1.53. The number of aromatic carboxylic acids is 1. The molecule has 0 atom stereocenters. The van der Waals surface area contributed by atoms with Crippen LogP contribution in [-0.2, 0) is 11.3 Å². The summed E-state index contributed by atoms with van der Waals surface area (Å²) >= 11 is 0. The number of alkyl carbamates (subject to hydrolysis) is 1. The van der Waals surface area contributed by atoms with Crippen molar-refractivity contribution in [3.63, 3.8) is 0 Å². The van der Waals surface area contributed by atoms with Gasteiger partial charge in [0, 0.05) is 0 Å². The number of carboxylic acid groups (broad SMARTS) is 1. The Morgan fingerprint density at radius 1 is 1.30 bits per heavy atom. The number of amides is 1. The number of rotatable bonds is 7. The van der Waals surface area contributed by atoms with Gasteiger partial charge in [0.15, 0.2) is 0 Å². The number of ether oxygens (including phenoxy) is 1. The fraction of sp³-hybridized carbons (Fsp3) is 0.571. The van der Waals surface area contributed by atoms with Gasteiger partial charge in [0.25, 0.3) is 5.92 Å². The molecule has 0 fully saturated rings. The first kappa shape index (κ1) is 18.9. The molecule has 0 aliphatic rings. The van der Waals surface area contributed by atoms with E-state index in [1.54, 1.807) is 20.8 Å². The fourth-order valence-electron chi connectivity index (χ4n) is 1.53. The van der Waals surface area contributed by atoms with E-state index >= 15 is 0 Å². The minimum absolute atomic E-state index is 0.0554. The highest BCUT2D eigenvalue weighted by Gasteiger charge is 2.30. The molecule has 0 bridgehead atoms. The smallest absolute Gasteiger partial charge is 0.407 e. The Kier molecular flexibility index (Phi) is 6.08. The molecule has 0 aliphatic heterocycles. The van der Waals surface area contributed by atoms with Crippen molar-refractivity contribution in [3.05, 3.63) is 23.7 Å². The summed E-state index contributed by atoms with van der Waals surface area (Å²) < 4.78 is 37.0. The number of halogens is 2. The number of carboxylic acids is 1. The molecular weight excluding hydrogens is 314 g/mol. The second kappa shape index (κ2) is 7.40. The van der Waals surface area contributed by atoms with Crippen molar-refractivity contribution in [1.29, 1.82) is 0 Å². The highest BCUT2D eigenvalue weighted by atomic mass is 19.3. The lowest BCUT2D eigenvalue weighted by Crippen LogP contribution is -2.44. The van der Waals surface area contributed by atoms with Crippen LogP contribution in [0.3, 0.4) is 0 Å². The van der Waals surface area contributed by atoms with Crippen LogP contribution in [0.5, 0.6) is 0 Å². The van der Waals surface area contributed by atoms with Gasteiger partial charge in [-0.25, -0.2) is 18.4 Å². The maximum atomic E-state index is 13.6.